The Morgan fingerprint density at radius 2 is 2.00 bits per heavy atom. The van der Waals surface area contributed by atoms with Gasteiger partial charge in [0.05, 0.1) is 31.9 Å². The Morgan fingerprint density at radius 1 is 1.21 bits per heavy atom. The number of anilines is 2. The Balaban J connectivity index is 2.00. The van der Waals surface area contributed by atoms with Crippen LogP contribution in [0.2, 0.25) is 0 Å². The van der Waals surface area contributed by atoms with E-state index in [1.807, 2.05) is 39.0 Å². The Labute approximate surface area is 167 Å². The Morgan fingerprint density at radius 3 is 2.68 bits per heavy atom. The number of thiophene rings is 1. The summed E-state index contributed by atoms with van der Waals surface area (Å²) in [5.41, 5.74) is 1.50. The number of hydrogen-bond donors (Lipinski definition) is 1. The number of esters is 1. The van der Waals surface area contributed by atoms with E-state index in [2.05, 4.69) is 15.3 Å². The van der Waals surface area contributed by atoms with Crippen LogP contribution in [0.5, 0.6) is 11.5 Å². The van der Waals surface area contributed by atoms with Gasteiger partial charge in [0.25, 0.3) is 0 Å². The zero-order chi connectivity index (χ0) is 20.3. The largest absolute Gasteiger partial charge is 0.497 e. The number of benzene rings is 1. The van der Waals surface area contributed by atoms with E-state index in [1.54, 1.807) is 14.2 Å². The smallest absolute Gasteiger partial charge is 0.348 e. The fraction of sp³-hybridized carbons (Fsp3) is 0.350. The average Bonchev–Trinajstić information content (AvgIpc) is 3.03. The van der Waals surface area contributed by atoms with Crippen LogP contribution in [0.4, 0.5) is 11.5 Å². The first-order chi connectivity index (χ1) is 13.4. The zero-order valence-electron chi connectivity index (χ0n) is 16.5. The van der Waals surface area contributed by atoms with Gasteiger partial charge in [0.1, 0.15) is 33.4 Å². The van der Waals surface area contributed by atoms with Gasteiger partial charge in [0.2, 0.25) is 0 Å². The average molecular weight is 401 g/mol. The number of carbonyl (C=O) groups excluding carboxylic acids is 1. The number of aromatic nitrogens is 2. The zero-order valence-corrected chi connectivity index (χ0v) is 17.3. The fourth-order valence-corrected chi connectivity index (χ4v) is 3.75. The Bertz CT molecular complexity index is 1000. The third-order valence-electron chi connectivity index (χ3n) is 4.12. The van der Waals surface area contributed by atoms with Crippen molar-refractivity contribution in [1.29, 1.82) is 0 Å². The van der Waals surface area contributed by atoms with Crippen LogP contribution in [0.25, 0.3) is 10.2 Å². The molecule has 0 aliphatic heterocycles. The number of methoxy groups -OCH3 is 2. The lowest BCUT2D eigenvalue weighted by Crippen LogP contribution is -2.09. The van der Waals surface area contributed by atoms with Gasteiger partial charge in [-0.3, -0.25) is 0 Å². The second-order valence-corrected chi connectivity index (χ2v) is 7.64. The lowest BCUT2D eigenvalue weighted by atomic mass is 10.2. The van der Waals surface area contributed by atoms with Crippen LogP contribution in [0.1, 0.15) is 29.1 Å². The molecule has 0 radical (unpaired) electrons. The first kappa shape index (κ1) is 19.9. The molecule has 0 aliphatic carbocycles. The summed E-state index contributed by atoms with van der Waals surface area (Å²) in [7, 11) is 3.20. The predicted molar refractivity (Wildman–Crippen MR) is 110 cm³/mol. The number of ether oxygens (including phenoxy) is 3. The van der Waals surface area contributed by atoms with Crippen molar-refractivity contribution in [3.63, 3.8) is 0 Å². The van der Waals surface area contributed by atoms with Crippen molar-refractivity contribution < 1.29 is 19.0 Å². The van der Waals surface area contributed by atoms with Crippen LogP contribution in [0, 0.1) is 12.8 Å². The van der Waals surface area contributed by atoms with Crippen molar-refractivity contribution >= 4 is 39.0 Å². The molecule has 0 unspecified atom stereocenters. The van der Waals surface area contributed by atoms with Crippen LogP contribution in [-0.2, 0) is 4.74 Å². The maximum Gasteiger partial charge on any atom is 0.348 e. The molecule has 2 aromatic heterocycles. The van der Waals surface area contributed by atoms with Crippen LogP contribution < -0.4 is 14.8 Å². The van der Waals surface area contributed by atoms with Gasteiger partial charge in [-0.25, -0.2) is 14.8 Å². The Hall–Kier alpha value is -2.87. The third-order valence-corrected chi connectivity index (χ3v) is 5.30. The molecule has 1 aromatic carbocycles. The van der Waals surface area contributed by atoms with Crippen molar-refractivity contribution in [3.05, 3.63) is 35.0 Å². The number of fused-ring (bicyclic) bond motifs is 1. The lowest BCUT2D eigenvalue weighted by molar-refractivity contribution is 0.0464. The summed E-state index contributed by atoms with van der Waals surface area (Å²) in [5, 5.41) is 4.07. The van der Waals surface area contributed by atoms with E-state index in [4.69, 9.17) is 14.2 Å². The third kappa shape index (κ3) is 4.01. The number of nitrogens with zero attached hydrogens (tertiary/aromatic N) is 2. The number of hydrogen-bond acceptors (Lipinski definition) is 8. The summed E-state index contributed by atoms with van der Waals surface area (Å²) >= 11 is 1.30. The molecule has 0 spiro atoms. The highest BCUT2D eigenvalue weighted by Gasteiger charge is 2.21. The van der Waals surface area contributed by atoms with E-state index in [9.17, 15) is 4.79 Å². The van der Waals surface area contributed by atoms with Gasteiger partial charge in [-0.05, 0) is 30.5 Å². The van der Waals surface area contributed by atoms with E-state index in [1.165, 1.54) is 17.7 Å². The molecule has 0 aliphatic rings. The Kier molecular flexibility index (Phi) is 5.99. The molecule has 0 bridgehead atoms. The molecule has 148 valence electrons. The van der Waals surface area contributed by atoms with E-state index < -0.39 is 0 Å². The molecule has 3 aromatic rings. The summed E-state index contributed by atoms with van der Waals surface area (Å²) in [6, 6.07) is 5.46. The van der Waals surface area contributed by atoms with E-state index >= 15 is 0 Å². The maximum atomic E-state index is 12.5. The molecule has 3 rings (SSSR count). The second kappa shape index (κ2) is 8.43. The molecular formula is C20H23N3O4S. The SMILES string of the molecule is COc1ccc(OC)c(Nc2ncnc3sc(C(=O)OCC(C)C)c(C)c23)c1. The first-order valence-electron chi connectivity index (χ1n) is 8.84. The van der Waals surface area contributed by atoms with E-state index in [0.29, 0.717) is 39.3 Å². The van der Waals surface area contributed by atoms with Crippen LogP contribution in [0.15, 0.2) is 24.5 Å². The number of nitrogens with one attached hydrogen (secondary N) is 1. The van der Waals surface area contributed by atoms with Gasteiger partial charge < -0.3 is 19.5 Å². The molecule has 8 heteroatoms. The minimum atomic E-state index is -0.334. The van der Waals surface area contributed by atoms with Crippen molar-refractivity contribution in [2.24, 2.45) is 5.92 Å². The van der Waals surface area contributed by atoms with Crippen molar-refractivity contribution in [2.45, 2.75) is 20.8 Å². The summed E-state index contributed by atoms with van der Waals surface area (Å²) in [4.78, 5) is 22.4. The number of carbonyl (C=O) groups is 1. The minimum absolute atomic E-state index is 0.274. The van der Waals surface area contributed by atoms with Crippen LogP contribution >= 0.6 is 11.3 Å². The van der Waals surface area contributed by atoms with Crippen LogP contribution in [-0.4, -0.2) is 36.8 Å². The van der Waals surface area contributed by atoms with Crippen LogP contribution in [0.3, 0.4) is 0 Å². The molecule has 0 fully saturated rings. The normalized spacial score (nSPS) is 10.9. The van der Waals surface area contributed by atoms with Gasteiger partial charge in [0.15, 0.2) is 0 Å². The highest BCUT2D eigenvalue weighted by molar-refractivity contribution is 7.20. The van der Waals surface area contributed by atoms with E-state index in [-0.39, 0.29) is 11.9 Å². The fourth-order valence-electron chi connectivity index (χ4n) is 2.71. The summed E-state index contributed by atoms with van der Waals surface area (Å²) < 4.78 is 16.1. The van der Waals surface area contributed by atoms with Crippen molar-refractivity contribution in [1.82, 2.24) is 9.97 Å². The van der Waals surface area contributed by atoms with E-state index in [0.717, 1.165) is 10.9 Å². The number of aryl methyl sites for hydroxylation is 1. The number of rotatable bonds is 7. The van der Waals surface area contributed by atoms with Crippen molar-refractivity contribution in [3.8, 4) is 11.5 Å². The van der Waals surface area contributed by atoms with Crippen molar-refractivity contribution in [2.75, 3.05) is 26.1 Å². The monoisotopic (exact) mass is 401 g/mol. The van der Waals surface area contributed by atoms with Gasteiger partial charge in [-0.2, -0.15) is 0 Å². The minimum Gasteiger partial charge on any atom is -0.497 e. The molecule has 28 heavy (non-hydrogen) atoms. The molecule has 0 amide bonds. The quantitative estimate of drug-likeness (QED) is 0.581. The molecule has 0 saturated heterocycles. The van der Waals surface area contributed by atoms with Gasteiger partial charge in [-0.15, -0.1) is 11.3 Å². The highest BCUT2D eigenvalue weighted by atomic mass is 32.1. The molecule has 0 atom stereocenters. The standard InChI is InChI=1S/C20H23N3O4S/c1-11(2)9-27-20(24)17-12(3)16-18(21-10-22-19(16)28-17)23-14-8-13(25-4)6-7-15(14)26-5/h6-8,10-11H,9H2,1-5H3,(H,21,22,23). The topological polar surface area (TPSA) is 82.6 Å². The maximum absolute atomic E-state index is 12.5. The predicted octanol–water partition coefficient (Wildman–Crippen LogP) is 4.57. The summed E-state index contributed by atoms with van der Waals surface area (Å²) in [5.74, 6) is 1.87. The van der Waals surface area contributed by atoms with Gasteiger partial charge in [0, 0.05) is 6.07 Å². The molecule has 0 saturated carbocycles. The summed E-state index contributed by atoms with van der Waals surface area (Å²) in [6.45, 7) is 6.26. The lowest BCUT2D eigenvalue weighted by Gasteiger charge is -2.13. The first-order valence-corrected chi connectivity index (χ1v) is 9.66. The molecule has 1 N–H and O–H groups in total. The summed E-state index contributed by atoms with van der Waals surface area (Å²) in [6.07, 6.45) is 1.47. The second-order valence-electron chi connectivity index (χ2n) is 6.64. The molecule has 7 nitrogen and oxygen atoms in total. The highest BCUT2D eigenvalue weighted by Crippen LogP contribution is 2.37. The molecular weight excluding hydrogens is 378 g/mol. The molecule has 2 heterocycles. The van der Waals surface area contributed by atoms with Gasteiger partial charge in [-0.1, -0.05) is 13.8 Å². The van der Waals surface area contributed by atoms with Gasteiger partial charge >= 0.3 is 5.97 Å².